The maximum atomic E-state index is 12.0. The molecule has 0 aliphatic carbocycles. The van der Waals surface area contributed by atoms with Crippen molar-refractivity contribution >= 4 is 16.7 Å². The van der Waals surface area contributed by atoms with E-state index in [1.807, 2.05) is 13.2 Å². The molecular weight excluding hydrogens is 336 g/mol. The van der Waals surface area contributed by atoms with Crippen molar-refractivity contribution in [2.24, 2.45) is 5.92 Å². The number of carbonyl (C=O) groups excluding carboxylic acids is 1. The zero-order valence-electron chi connectivity index (χ0n) is 16.7. The summed E-state index contributed by atoms with van der Waals surface area (Å²) in [4.78, 5) is 14.7. The van der Waals surface area contributed by atoms with Crippen LogP contribution in [0.25, 0.3) is 10.9 Å². The molecule has 2 unspecified atom stereocenters. The molecule has 4 heteroatoms. The molecule has 2 atom stereocenters. The minimum atomic E-state index is 0.154. The van der Waals surface area contributed by atoms with Gasteiger partial charge in [-0.2, -0.15) is 0 Å². The van der Waals surface area contributed by atoms with Crippen LogP contribution in [0.3, 0.4) is 0 Å². The van der Waals surface area contributed by atoms with Crippen molar-refractivity contribution in [3.8, 4) is 0 Å². The normalized spacial score (nSPS) is 25.3. The van der Waals surface area contributed by atoms with Crippen molar-refractivity contribution < 1.29 is 9.53 Å². The lowest BCUT2D eigenvalue weighted by Crippen LogP contribution is -2.43. The summed E-state index contributed by atoms with van der Waals surface area (Å²) in [5, 5.41) is 1.09. The maximum Gasteiger partial charge on any atom is 0.161 e. The first-order valence-electron chi connectivity index (χ1n) is 10.5. The zero-order chi connectivity index (χ0) is 18.8. The van der Waals surface area contributed by atoms with Crippen LogP contribution in [-0.4, -0.2) is 47.6 Å². The van der Waals surface area contributed by atoms with Crippen molar-refractivity contribution in [2.45, 2.75) is 64.1 Å². The maximum absolute atomic E-state index is 12.0. The molecule has 1 aromatic carbocycles. The third kappa shape index (κ3) is 3.83. The van der Waals surface area contributed by atoms with E-state index in [0.29, 0.717) is 0 Å². The average molecular weight is 369 g/mol. The number of rotatable bonds is 8. The Morgan fingerprint density at radius 3 is 2.59 bits per heavy atom. The molecule has 1 aromatic heterocycles. The van der Waals surface area contributed by atoms with Crippen LogP contribution in [0.4, 0.5) is 0 Å². The molecule has 2 aliphatic rings. The van der Waals surface area contributed by atoms with Crippen LogP contribution in [0.5, 0.6) is 0 Å². The molecule has 2 fully saturated rings. The third-order valence-corrected chi connectivity index (χ3v) is 6.70. The molecule has 3 heterocycles. The number of fused-ring (bicyclic) bond motifs is 3. The predicted octanol–water partition coefficient (Wildman–Crippen LogP) is 4.51. The number of aromatic nitrogens is 1. The first kappa shape index (κ1) is 18.7. The fraction of sp³-hybridized carbons (Fsp3) is 0.609. The second-order valence-corrected chi connectivity index (χ2v) is 8.40. The molecule has 146 valence electrons. The predicted molar refractivity (Wildman–Crippen MR) is 109 cm³/mol. The number of piperidine rings is 1. The smallest absolute Gasteiger partial charge is 0.161 e. The zero-order valence-corrected chi connectivity index (χ0v) is 16.7. The lowest BCUT2D eigenvalue weighted by molar-refractivity contribution is 0.0819. The number of carbonyl (C=O) groups is 1. The van der Waals surface area contributed by atoms with Crippen LogP contribution in [-0.2, 0) is 11.3 Å². The van der Waals surface area contributed by atoms with Gasteiger partial charge < -0.3 is 9.30 Å². The van der Waals surface area contributed by atoms with Gasteiger partial charge in [0, 0.05) is 61.6 Å². The van der Waals surface area contributed by atoms with Crippen LogP contribution < -0.4 is 0 Å². The van der Waals surface area contributed by atoms with Gasteiger partial charge in [0.15, 0.2) is 5.78 Å². The summed E-state index contributed by atoms with van der Waals surface area (Å²) >= 11 is 0. The van der Waals surface area contributed by atoms with E-state index in [1.54, 1.807) is 6.92 Å². The number of para-hydroxylation sites is 1. The van der Waals surface area contributed by atoms with Crippen molar-refractivity contribution in [3.63, 3.8) is 0 Å². The molecule has 2 bridgehead atoms. The Labute approximate surface area is 162 Å². The summed E-state index contributed by atoms with van der Waals surface area (Å²) in [7, 11) is 1.81. The van der Waals surface area contributed by atoms with E-state index >= 15 is 0 Å². The van der Waals surface area contributed by atoms with Crippen molar-refractivity contribution in [2.75, 3.05) is 20.3 Å². The van der Waals surface area contributed by atoms with Gasteiger partial charge >= 0.3 is 0 Å². The molecule has 0 saturated carbocycles. The second-order valence-electron chi connectivity index (χ2n) is 8.40. The number of hydrogen-bond donors (Lipinski definition) is 0. The Kier molecular flexibility index (Phi) is 5.65. The van der Waals surface area contributed by atoms with Gasteiger partial charge in [0.25, 0.3) is 0 Å². The van der Waals surface area contributed by atoms with Crippen LogP contribution >= 0.6 is 0 Å². The minimum Gasteiger partial charge on any atom is -0.385 e. The van der Waals surface area contributed by atoms with Crippen LogP contribution in [0.1, 0.15) is 55.8 Å². The fourth-order valence-corrected chi connectivity index (χ4v) is 5.41. The van der Waals surface area contributed by atoms with Gasteiger partial charge in [0.2, 0.25) is 0 Å². The Bertz CT molecular complexity index is 783. The summed E-state index contributed by atoms with van der Waals surface area (Å²) in [6.45, 7) is 4.73. The third-order valence-electron chi connectivity index (χ3n) is 6.70. The highest BCUT2D eigenvalue weighted by molar-refractivity contribution is 6.06. The summed E-state index contributed by atoms with van der Waals surface area (Å²) < 4.78 is 7.57. The lowest BCUT2D eigenvalue weighted by Gasteiger charge is -2.39. The highest BCUT2D eigenvalue weighted by atomic mass is 16.5. The summed E-state index contributed by atoms with van der Waals surface area (Å²) in [6.07, 6.45) is 9.86. The topological polar surface area (TPSA) is 34.5 Å². The van der Waals surface area contributed by atoms with Crippen molar-refractivity contribution in [1.29, 1.82) is 0 Å². The van der Waals surface area contributed by atoms with Gasteiger partial charge in [0.05, 0.1) is 0 Å². The summed E-state index contributed by atoms with van der Waals surface area (Å²) in [5.41, 5.74) is 2.04. The molecular formula is C23H32N2O2. The quantitative estimate of drug-likeness (QED) is 0.643. The number of aryl methyl sites for hydroxylation is 1. The Hall–Kier alpha value is -1.65. The number of nitrogens with zero attached hydrogens (tertiary/aromatic N) is 2. The number of ether oxygens (including phenoxy) is 1. The highest BCUT2D eigenvalue weighted by Gasteiger charge is 2.39. The van der Waals surface area contributed by atoms with E-state index in [-0.39, 0.29) is 5.78 Å². The first-order valence-corrected chi connectivity index (χ1v) is 10.5. The van der Waals surface area contributed by atoms with Crippen molar-refractivity contribution in [3.05, 3.63) is 36.0 Å². The minimum absolute atomic E-state index is 0.154. The molecule has 2 saturated heterocycles. The van der Waals surface area contributed by atoms with Gasteiger partial charge in [-0.15, -0.1) is 0 Å². The number of methoxy groups -OCH3 is 1. The van der Waals surface area contributed by atoms with Crippen molar-refractivity contribution in [1.82, 2.24) is 9.47 Å². The lowest BCUT2D eigenvalue weighted by atomic mass is 9.88. The fourth-order valence-electron chi connectivity index (χ4n) is 5.41. The van der Waals surface area contributed by atoms with Crippen LogP contribution in [0, 0.1) is 5.92 Å². The van der Waals surface area contributed by atoms with Crippen LogP contribution in [0.15, 0.2) is 30.5 Å². The molecule has 0 spiro atoms. The Morgan fingerprint density at radius 1 is 1.15 bits per heavy atom. The number of ketones is 1. The molecule has 4 rings (SSSR count). The number of Topliss-reactive ketones (excluding diaryl/α,β-unsaturated/α-hetero) is 1. The second kappa shape index (κ2) is 8.15. The standard InChI is InChI=1S/C23H32N2O2/c1-17(26)22-16-24(23-7-4-3-6-21(22)23)11-5-12-25-19-8-9-20(25)15-18(14-19)10-13-27-2/h3-4,6-7,16,18-20H,5,8-15H2,1-2H3. The van der Waals surface area contributed by atoms with E-state index < -0.39 is 0 Å². The van der Waals surface area contributed by atoms with Gasteiger partial charge in [-0.3, -0.25) is 9.69 Å². The van der Waals surface area contributed by atoms with Gasteiger partial charge in [-0.1, -0.05) is 18.2 Å². The molecule has 0 N–H and O–H groups in total. The van der Waals surface area contributed by atoms with Gasteiger partial charge in [0.1, 0.15) is 0 Å². The van der Waals surface area contributed by atoms with E-state index in [1.165, 1.54) is 44.2 Å². The first-order chi connectivity index (χ1) is 13.2. The molecule has 27 heavy (non-hydrogen) atoms. The SMILES string of the molecule is COCCC1CC2CCC(C1)N2CCCn1cc(C(C)=O)c2ccccc21. The molecule has 2 aromatic rings. The van der Waals surface area contributed by atoms with Crippen LogP contribution in [0.2, 0.25) is 0 Å². The number of benzene rings is 1. The molecule has 0 radical (unpaired) electrons. The molecule has 0 amide bonds. The highest BCUT2D eigenvalue weighted by Crippen LogP contribution is 2.39. The van der Waals surface area contributed by atoms with E-state index in [2.05, 4.69) is 33.9 Å². The van der Waals surface area contributed by atoms with Gasteiger partial charge in [-0.05, 0) is 57.4 Å². The number of hydrogen-bond acceptors (Lipinski definition) is 3. The summed E-state index contributed by atoms with van der Waals surface area (Å²) in [5.74, 6) is 1.01. The average Bonchev–Trinajstić information content (AvgIpc) is 3.15. The Morgan fingerprint density at radius 2 is 1.89 bits per heavy atom. The largest absolute Gasteiger partial charge is 0.385 e. The molecule has 4 nitrogen and oxygen atoms in total. The summed E-state index contributed by atoms with van der Waals surface area (Å²) in [6, 6.07) is 9.83. The van der Waals surface area contributed by atoms with E-state index in [9.17, 15) is 4.79 Å². The molecule has 2 aliphatic heterocycles. The monoisotopic (exact) mass is 368 g/mol. The van der Waals surface area contributed by atoms with Gasteiger partial charge in [-0.25, -0.2) is 0 Å². The Balaban J connectivity index is 1.37. The van der Waals surface area contributed by atoms with E-state index in [4.69, 9.17) is 4.74 Å². The van der Waals surface area contributed by atoms with E-state index in [0.717, 1.165) is 48.5 Å².